The number of anilines is 1. The second kappa shape index (κ2) is 9.36. The first-order valence-electron chi connectivity index (χ1n) is 9.13. The number of carbonyl (C=O) groups is 1. The number of amides is 1. The van der Waals surface area contributed by atoms with Crippen LogP contribution >= 0.6 is 0 Å². The van der Waals surface area contributed by atoms with Gasteiger partial charge in [-0.3, -0.25) is 10.2 Å². The SMILES string of the molecule is O=C(Nc1ccccc1CN1CCC(CO)CC1)OCc1ccccc1. The molecular weight excluding hydrogens is 328 g/mol. The Morgan fingerprint density at radius 3 is 2.50 bits per heavy atom. The molecule has 1 amide bonds. The van der Waals surface area contributed by atoms with Crippen molar-refractivity contribution >= 4 is 11.8 Å². The molecule has 0 unspecified atom stereocenters. The third kappa shape index (κ3) is 5.31. The van der Waals surface area contributed by atoms with E-state index in [0.717, 1.165) is 49.3 Å². The molecule has 0 radical (unpaired) electrons. The van der Waals surface area contributed by atoms with Crippen molar-refractivity contribution in [1.82, 2.24) is 4.90 Å². The van der Waals surface area contributed by atoms with Crippen molar-refractivity contribution in [2.75, 3.05) is 25.0 Å². The average Bonchev–Trinajstić information content (AvgIpc) is 2.69. The van der Waals surface area contributed by atoms with Gasteiger partial charge in [-0.25, -0.2) is 4.79 Å². The van der Waals surface area contributed by atoms with E-state index in [0.29, 0.717) is 5.92 Å². The number of carbonyl (C=O) groups excluding carboxylic acids is 1. The van der Waals surface area contributed by atoms with Gasteiger partial charge in [0.25, 0.3) is 0 Å². The van der Waals surface area contributed by atoms with Crippen LogP contribution in [-0.2, 0) is 17.9 Å². The predicted molar refractivity (Wildman–Crippen MR) is 102 cm³/mol. The Kier molecular flexibility index (Phi) is 6.63. The van der Waals surface area contributed by atoms with E-state index in [1.54, 1.807) is 0 Å². The fourth-order valence-corrected chi connectivity index (χ4v) is 3.22. The van der Waals surface area contributed by atoms with Gasteiger partial charge in [-0.1, -0.05) is 48.5 Å². The van der Waals surface area contributed by atoms with Crippen LogP contribution in [0.1, 0.15) is 24.0 Å². The van der Waals surface area contributed by atoms with Gasteiger partial charge in [-0.2, -0.15) is 0 Å². The van der Waals surface area contributed by atoms with E-state index in [1.165, 1.54) is 0 Å². The zero-order valence-corrected chi connectivity index (χ0v) is 14.9. The largest absolute Gasteiger partial charge is 0.444 e. The third-order valence-corrected chi connectivity index (χ3v) is 4.83. The summed E-state index contributed by atoms with van der Waals surface area (Å²) in [6, 6.07) is 17.5. The van der Waals surface area contributed by atoms with Gasteiger partial charge < -0.3 is 9.84 Å². The van der Waals surface area contributed by atoms with Crippen molar-refractivity contribution in [2.24, 2.45) is 5.92 Å². The summed E-state index contributed by atoms with van der Waals surface area (Å²) in [5, 5.41) is 12.1. The van der Waals surface area contributed by atoms with Gasteiger partial charge in [0.1, 0.15) is 6.61 Å². The topological polar surface area (TPSA) is 61.8 Å². The van der Waals surface area contributed by atoms with Crippen LogP contribution in [0, 0.1) is 5.92 Å². The molecule has 1 fully saturated rings. The molecule has 2 aromatic rings. The smallest absolute Gasteiger partial charge is 0.411 e. The number of benzene rings is 2. The highest BCUT2D eigenvalue weighted by Crippen LogP contribution is 2.22. The van der Waals surface area contributed by atoms with E-state index in [2.05, 4.69) is 10.2 Å². The van der Waals surface area contributed by atoms with Crippen molar-refractivity contribution < 1.29 is 14.6 Å². The normalized spacial score (nSPS) is 15.6. The lowest BCUT2D eigenvalue weighted by atomic mass is 9.97. The molecule has 0 bridgehead atoms. The number of piperidine rings is 1. The maximum absolute atomic E-state index is 12.1. The first-order chi connectivity index (χ1) is 12.7. The van der Waals surface area contributed by atoms with Crippen LogP contribution in [-0.4, -0.2) is 35.8 Å². The lowest BCUT2D eigenvalue weighted by Gasteiger charge is -2.31. The number of nitrogens with zero attached hydrogens (tertiary/aromatic N) is 1. The van der Waals surface area contributed by atoms with Crippen molar-refractivity contribution in [2.45, 2.75) is 26.0 Å². The Morgan fingerprint density at radius 1 is 1.08 bits per heavy atom. The first-order valence-corrected chi connectivity index (χ1v) is 9.13. The second-order valence-corrected chi connectivity index (χ2v) is 6.75. The number of aliphatic hydroxyl groups is 1. The summed E-state index contributed by atoms with van der Waals surface area (Å²) in [5.74, 6) is 0.424. The molecule has 2 N–H and O–H groups in total. The van der Waals surface area contributed by atoms with E-state index in [9.17, 15) is 9.90 Å². The fourth-order valence-electron chi connectivity index (χ4n) is 3.22. The zero-order valence-electron chi connectivity index (χ0n) is 14.9. The number of likely N-dealkylation sites (tertiary alicyclic amines) is 1. The van der Waals surface area contributed by atoms with Crippen molar-refractivity contribution in [3.63, 3.8) is 0 Å². The molecule has 0 aromatic heterocycles. The monoisotopic (exact) mass is 354 g/mol. The molecule has 5 nitrogen and oxygen atoms in total. The van der Waals surface area contributed by atoms with Crippen molar-refractivity contribution in [3.05, 3.63) is 65.7 Å². The molecule has 1 saturated heterocycles. The summed E-state index contributed by atoms with van der Waals surface area (Å²) < 4.78 is 5.31. The summed E-state index contributed by atoms with van der Waals surface area (Å²) in [4.78, 5) is 14.5. The summed E-state index contributed by atoms with van der Waals surface area (Å²) in [7, 11) is 0. The van der Waals surface area contributed by atoms with Crippen LogP contribution in [0.4, 0.5) is 10.5 Å². The Labute approximate surface area is 154 Å². The van der Waals surface area contributed by atoms with Gasteiger partial charge in [-0.05, 0) is 49.0 Å². The Morgan fingerprint density at radius 2 is 1.77 bits per heavy atom. The molecule has 0 spiro atoms. The van der Waals surface area contributed by atoms with Gasteiger partial charge >= 0.3 is 6.09 Å². The molecule has 0 saturated carbocycles. The lowest BCUT2D eigenvalue weighted by molar-refractivity contribution is 0.127. The lowest BCUT2D eigenvalue weighted by Crippen LogP contribution is -2.34. The number of aliphatic hydroxyl groups excluding tert-OH is 1. The van der Waals surface area contributed by atoms with E-state index < -0.39 is 6.09 Å². The van der Waals surface area contributed by atoms with Gasteiger partial charge in [0.2, 0.25) is 0 Å². The first kappa shape index (κ1) is 18.4. The Balaban J connectivity index is 1.54. The van der Waals surface area contributed by atoms with Crippen LogP contribution in [0.15, 0.2) is 54.6 Å². The predicted octanol–water partition coefficient (Wildman–Crippen LogP) is 3.64. The molecular formula is C21H26N2O3. The zero-order chi connectivity index (χ0) is 18.2. The highest BCUT2D eigenvalue weighted by atomic mass is 16.5. The minimum atomic E-state index is -0.444. The van der Waals surface area contributed by atoms with E-state index in [4.69, 9.17) is 4.74 Å². The van der Waals surface area contributed by atoms with Gasteiger partial charge in [0.15, 0.2) is 0 Å². The van der Waals surface area contributed by atoms with Gasteiger partial charge in [0, 0.05) is 18.8 Å². The van der Waals surface area contributed by atoms with Crippen molar-refractivity contribution in [3.8, 4) is 0 Å². The molecule has 3 rings (SSSR count). The minimum Gasteiger partial charge on any atom is -0.444 e. The second-order valence-electron chi connectivity index (χ2n) is 6.75. The Hall–Kier alpha value is -2.37. The molecule has 0 aliphatic carbocycles. The number of para-hydroxylation sites is 1. The summed E-state index contributed by atoms with van der Waals surface area (Å²) >= 11 is 0. The van der Waals surface area contributed by atoms with Crippen LogP contribution in [0.5, 0.6) is 0 Å². The quantitative estimate of drug-likeness (QED) is 0.831. The number of rotatable bonds is 6. The molecule has 2 aromatic carbocycles. The summed E-state index contributed by atoms with van der Waals surface area (Å²) in [5.41, 5.74) is 2.82. The molecule has 1 aliphatic rings. The molecule has 138 valence electrons. The molecule has 1 aliphatic heterocycles. The van der Waals surface area contributed by atoms with Gasteiger partial charge in [0.05, 0.1) is 0 Å². The van der Waals surface area contributed by atoms with E-state index >= 15 is 0 Å². The Bertz CT molecular complexity index is 697. The highest BCUT2D eigenvalue weighted by molar-refractivity contribution is 5.85. The molecule has 5 heteroatoms. The summed E-state index contributed by atoms with van der Waals surface area (Å²) in [6.07, 6.45) is 1.59. The molecule has 26 heavy (non-hydrogen) atoms. The van der Waals surface area contributed by atoms with Crippen LogP contribution < -0.4 is 5.32 Å². The standard InChI is InChI=1S/C21H26N2O3/c24-15-17-10-12-23(13-11-17)14-19-8-4-5-9-20(19)22-21(25)26-16-18-6-2-1-3-7-18/h1-9,17,24H,10-16H2,(H,22,25). The van der Waals surface area contributed by atoms with Crippen LogP contribution in [0.2, 0.25) is 0 Å². The number of ether oxygens (including phenoxy) is 1. The third-order valence-electron chi connectivity index (χ3n) is 4.83. The highest BCUT2D eigenvalue weighted by Gasteiger charge is 2.19. The van der Waals surface area contributed by atoms with E-state index in [1.807, 2.05) is 54.6 Å². The molecule has 1 heterocycles. The van der Waals surface area contributed by atoms with Crippen LogP contribution in [0.3, 0.4) is 0 Å². The fraction of sp³-hybridized carbons (Fsp3) is 0.381. The molecule has 0 atom stereocenters. The van der Waals surface area contributed by atoms with E-state index in [-0.39, 0.29) is 13.2 Å². The van der Waals surface area contributed by atoms with Crippen LogP contribution in [0.25, 0.3) is 0 Å². The maximum atomic E-state index is 12.1. The summed E-state index contributed by atoms with van der Waals surface area (Å²) in [6.45, 7) is 3.26. The maximum Gasteiger partial charge on any atom is 0.411 e. The minimum absolute atomic E-state index is 0.253. The number of hydrogen-bond acceptors (Lipinski definition) is 4. The number of hydrogen-bond donors (Lipinski definition) is 2. The van der Waals surface area contributed by atoms with Crippen molar-refractivity contribution in [1.29, 1.82) is 0 Å². The average molecular weight is 354 g/mol. The van der Waals surface area contributed by atoms with Gasteiger partial charge in [-0.15, -0.1) is 0 Å². The number of nitrogens with one attached hydrogen (secondary N) is 1.